The van der Waals surface area contributed by atoms with Gasteiger partial charge in [-0.15, -0.1) is 11.6 Å². The summed E-state index contributed by atoms with van der Waals surface area (Å²) >= 11 is 6.56. The summed E-state index contributed by atoms with van der Waals surface area (Å²) in [6, 6.07) is 12.5. The van der Waals surface area contributed by atoms with Crippen molar-refractivity contribution in [1.82, 2.24) is 15.0 Å². The van der Waals surface area contributed by atoms with Crippen molar-refractivity contribution in [1.29, 1.82) is 0 Å². The number of hydrogen-bond donors (Lipinski definition) is 0. The molecule has 28 heavy (non-hydrogen) atoms. The van der Waals surface area contributed by atoms with Gasteiger partial charge in [-0.2, -0.15) is 0 Å². The molecule has 0 amide bonds. The number of benzene rings is 1. The summed E-state index contributed by atoms with van der Waals surface area (Å²) in [7, 11) is 0. The van der Waals surface area contributed by atoms with Crippen LogP contribution in [0.15, 0.2) is 67.0 Å². The van der Waals surface area contributed by atoms with Crippen LogP contribution in [0.4, 0.5) is 5.82 Å². The molecule has 1 fully saturated rings. The van der Waals surface area contributed by atoms with Crippen molar-refractivity contribution in [3.05, 3.63) is 78.4 Å². The Bertz CT molecular complexity index is 1100. The summed E-state index contributed by atoms with van der Waals surface area (Å²) in [5.41, 5.74) is 4.23. The van der Waals surface area contributed by atoms with Gasteiger partial charge in [-0.25, -0.2) is 4.98 Å². The number of nitrogens with zero attached hydrogens (tertiary/aromatic N) is 4. The van der Waals surface area contributed by atoms with E-state index < -0.39 is 0 Å². The number of fused-ring (bicyclic) bond motifs is 1. The normalized spacial score (nSPS) is 22.2. The summed E-state index contributed by atoms with van der Waals surface area (Å²) in [6.07, 6.45) is 10.5. The molecule has 0 radical (unpaired) electrons. The molecule has 0 spiro atoms. The monoisotopic (exact) mass is 388 g/mol. The van der Waals surface area contributed by atoms with Gasteiger partial charge in [0.15, 0.2) is 0 Å². The second kappa shape index (κ2) is 6.71. The molecule has 1 atom stereocenters. The molecule has 1 aromatic carbocycles. The minimum Gasteiger partial charge on any atom is -0.355 e. The van der Waals surface area contributed by atoms with Crippen LogP contribution in [-0.4, -0.2) is 32.9 Å². The first kappa shape index (κ1) is 17.4. The Labute approximate surface area is 169 Å². The van der Waals surface area contributed by atoms with Gasteiger partial charge < -0.3 is 4.90 Å². The van der Waals surface area contributed by atoms with Gasteiger partial charge in [0.05, 0.1) is 21.8 Å². The molecule has 140 valence electrons. The highest BCUT2D eigenvalue weighted by molar-refractivity contribution is 6.25. The quantitative estimate of drug-likeness (QED) is 0.594. The first-order valence-electron chi connectivity index (χ1n) is 9.58. The number of alkyl halides is 1. The summed E-state index contributed by atoms with van der Waals surface area (Å²) in [5, 5.41) is 1.17. The zero-order valence-corrected chi connectivity index (χ0v) is 16.5. The average molecular weight is 389 g/mol. The van der Waals surface area contributed by atoms with Crippen LogP contribution in [0.1, 0.15) is 30.7 Å². The molecule has 1 aliphatic carbocycles. The van der Waals surface area contributed by atoms with E-state index in [0.29, 0.717) is 5.92 Å². The third kappa shape index (κ3) is 3.18. The lowest BCUT2D eigenvalue weighted by Crippen LogP contribution is -2.46. The van der Waals surface area contributed by atoms with Crippen LogP contribution in [0.2, 0.25) is 0 Å². The first-order chi connectivity index (χ1) is 13.6. The van der Waals surface area contributed by atoms with E-state index in [1.165, 1.54) is 5.39 Å². The summed E-state index contributed by atoms with van der Waals surface area (Å²) < 4.78 is 0. The van der Waals surface area contributed by atoms with Crippen molar-refractivity contribution in [2.24, 2.45) is 0 Å². The number of halogens is 1. The van der Waals surface area contributed by atoms with Crippen LogP contribution in [0.3, 0.4) is 0 Å². The molecule has 1 aliphatic heterocycles. The van der Waals surface area contributed by atoms with E-state index in [4.69, 9.17) is 16.6 Å². The fourth-order valence-electron chi connectivity index (χ4n) is 3.98. The Hall–Kier alpha value is -2.72. The Morgan fingerprint density at radius 1 is 1.07 bits per heavy atom. The van der Waals surface area contributed by atoms with Crippen LogP contribution in [0, 0.1) is 0 Å². The number of pyridine rings is 1. The fourth-order valence-corrected chi connectivity index (χ4v) is 4.20. The van der Waals surface area contributed by atoms with Crippen molar-refractivity contribution in [2.75, 3.05) is 18.0 Å². The minimum atomic E-state index is -0.362. The second-order valence-electron chi connectivity index (χ2n) is 7.76. The van der Waals surface area contributed by atoms with Crippen LogP contribution >= 0.6 is 11.6 Å². The van der Waals surface area contributed by atoms with E-state index in [1.807, 2.05) is 31.2 Å². The van der Waals surface area contributed by atoms with Crippen molar-refractivity contribution < 1.29 is 0 Å². The van der Waals surface area contributed by atoms with E-state index in [2.05, 4.69) is 45.2 Å². The molecular formula is C23H21ClN4. The van der Waals surface area contributed by atoms with Crippen LogP contribution in [0.5, 0.6) is 0 Å². The standard InChI is InChI=1S/C23H21ClN4/c1-23(24)10-4-6-17(13-23)21-22(26-12-11-25-21)18-14-28(15-18)20-9-8-16-5-2-3-7-19(16)27-20/h2-12,18H,13-15H2,1H3. The smallest absolute Gasteiger partial charge is 0.129 e. The highest BCUT2D eigenvalue weighted by Gasteiger charge is 2.34. The van der Waals surface area contributed by atoms with E-state index in [0.717, 1.165) is 47.8 Å². The van der Waals surface area contributed by atoms with Crippen LogP contribution in [-0.2, 0) is 0 Å². The van der Waals surface area contributed by atoms with Crippen LogP contribution in [0.25, 0.3) is 16.5 Å². The predicted octanol–water partition coefficient (Wildman–Crippen LogP) is 4.97. The Morgan fingerprint density at radius 3 is 2.75 bits per heavy atom. The zero-order chi connectivity index (χ0) is 19.1. The average Bonchev–Trinajstić information content (AvgIpc) is 2.66. The van der Waals surface area contributed by atoms with Gasteiger partial charge in [0.1, 0.15) is 5.82 Å². The highest BCUT2D eigenvalue weighted by Crippen LogP contribution is 2.38. The topological polar surface area (TPSA) is 41.9 Å². The molecule has 2 aliphatic rings. The Balaban J connectivity index is 1.38. The number of para-hydroxylation sites is 1. The lowest BCUT2D eigenvalue weighted by Gasteiger charge is -2.40. The maximum Gasteiger partial charge on any atom is 0.129 e. The molecule has 1 unspecified atom stereocenters. The fraction of sp³-hybridized carbons (Fsp3) is 0.261. The molecule has 4 nitrogen and oxygen atoms in total. The summed E-state index contributed by atoms with van der Waals surface area (Å²) in [5.74, 6) is 1.37. The van der Waals surface area contributed by atoms with Crippen molar-refractivity contribution in [3.8, 4) is 0 Å². The number of allylic oxidation sites excluding steroid dienone is 4. The van der Waals surface area contributed by atoms with Gasteiger partial charge in [0.25, 0.3) is 0 Å². The third-order valence-corrected chi connectivity index (χ3v) is 5.74. The maximum absolute atomic E-state index is 6.56. The van der Waals surface area contributed by atoms with Crippen molar-refractivity contribution in [2.45, 2.75) is 24.1 Å². The predicted molar refractivity (Wildman–Crippen MR) is 115 cm³/mol. The Kier molecular flexibility index (Phi) is 4.17. The molecule has 5 rings (SSSR count). The van der Waals surface area contributed by atoms with Gasteiger partial charge in [-0.1, -0.05) is 36.4 Å². The van der Waals surface area contributed by atoms with Crippen molar-refractivity contribution in [3.63, 3.8) is 0 Å². The number of aromatic nitrogens is 3. The lowest BCUT2D eigenvalue weighted by molar-refractivity contribution is 0.506. The third-order valence-electron chi connectivity index (χ3n) is 5.48. The molecule has 1 saturated heterocycles. The number of hydrogen-bond acceptors (Lipinski definition) is 4. The molecule has 3 heterocycles. The number of anilines is 1. The van der Waals surface area contributed by atoms with E-state index >= 15 is 0 Å². The maximum atomic E-state index is 6.56. The van der Waals surface area contributed by atoms with E-state index in [9.17, 15) is 0 Å². The summed E-state index contributed by atoms with van der Waals surface area (Å²) in [4.78, 5) is 16.1. The lowest BCUT2D eigenvalue weighted by atomic mass is 9.87. The Morgan fingerprint density at radius 2 is 1.89 bits per heavy atom. The molecule has 0 bridgehead atoms. The number of rotatable bonds is 3. The molecule has 5 heteroatoms. The van der Waals surface area contributed by atoms with E-state index in [-0.39, 0.29) is 4.87 Å². The van der Waals surface area contributed by atoms with Gasteiger partial charge in [-0.3, -0.25) is 9.97 Å². The minimum absolute atomic E-state index is 0.352. The molecule has 0 N–H and O–H groups in total. The van der Waals surface area contributed by atoms with Gasteiger partial charge in [-0.05, 0) is 37.1 Å². The van der Waals surface area contributed by atoms with Crippen LogP contribution < -0.4 is 4.90 Å². The molecule has 2 aromatic heterocycles. The molecular weight excluding hydrogens is 368 g/mol. The molecule has 0 saturated carbocycles. The van der Waals surface area contributed by atoms with Gasteiger partial charge in [0.2, 0.25) is 0 Å². The second-order valence-corrected chi connectivity index (χ2v) is 8.62. The SMILES string of the molecule is CC1(Cl)C=CC=C(c2nccnc2C2CN(c3ccc4ccccc4n3)C2)C1. The first-order valence-corrected chi connectivity index (χ1v) is 9.96. The summed E-state index contributed by atoms with van der Waals surface area (Å²) in [6.45, 7) is 3.83. The van der Waals surface area contributed by atoms with Gasteiger partial charge in [0, 0.05) is 36.8 Å². The van der Waals surface area contributed by atoms with Gasteiger partial charge >= 0.3 is 0 Å². The highest BCUT2D eigenvalue weighted by atomic mass is 35.5. The largest absolute Gasteiger partial charge is 0.355 e. The van der Waals surface area contributed by atoms with E-state index in [1.54, 1.807) is 12.4 Å². The van der Waals surface area contributed by atoms with Crippen molar-refractivity contribution >= 4 is 33.9 Å². The zero-order valence-electron chi connectivity index (χ0n) is 15.7. The molecule has 3 aromatic rings.